The maximum atomic E-state index is 12.0. The highest BCUT2D eigenvalue weighted by molar-refractivity contribution is 5.88. The Labute approximate surface area is 104 Å². The minimum absolute atomic E-state index is 0.00583. The lowest BCUT2D eigenvalue weighted by Gasteiger charge is -2.36. The van der Waals surface area contributed by atoms with E-state index < -0.39 is 0 Å². The molecular formula is C13H24N2O2. The smallest absolute Gasteiger partial charge is 0.243 e. The first kappa shape index (κ1) is 14.0. The van der Waals surface area contributed by atoms with Crippen LogP contribution in [0.3, 0.4) is 0 Å². The molecule has 4 heteroatoms. The van der Waals surface area contributed by atoms with Gasteiger partial charge in [-0.1, -0.05) is 13.8 Å². The summed E-state index contributed by atoms with van der Waals surface area (Å²) in [6.45, 7) is 8.36. The van der Waals surface area contributed by atoms with Gasteiger partial charge in [0.05, 0.1) is 0 Å². The minimum Gasteiger partial charge on any atom is -0.352 e. The Bertz CT molecular complexity index is 287. The second-order valence-electron chi connectivity index (χ2n) is 5.36. The van der Waals surface area contributed by atoms with E-state index in [4.69, 9.17) is 0 Å². The predicted octanol–water partition coefficient (Wildman–Crippen LogP) is 1.55. The second kappa shape index (κ2) is 6.03. The lowest BCUT2D eigenvalue weighted by Crippen LogP contribution is -2.54. The van der Waals surface area contributed by atoms with Gasteiger partial charge < -0.3 is 10.2 Å². The van der Waals surface area contributed by atoms with Crippen molar-refractivity contribution in [3.8, 4) is 0 Å². The van der Waals surface area contributed by atoms with E-state index in [1.807, 2.05) is 27.7 Å². The van der Waals surface area contributed by atoms with Gasteiger partial charge in [-0.25, -0.2) is 0 Å². The number of carbonyl (C=O) groups excluding carboxylic acids is 2. The molecule has 0 aliphatic carbocycles. The predicted molar refractivity (Wildman–Crippen MR) is 67.5 cm³/mol. The summed E-state index contributed by atoms with van der Waals surface area (Å²) in [5.74, 6) is 0.0461. The van der Waals surface area contributed by atoms with Gasteiger partial charge in [-0.15, -0.1) is 0 Å². The second-order valence-corrected chi connectivity index (χ2v) is 5.36. The summed E-state index contributed by atoms with van der Waals surface area (Å²) in [4.78, 5) is 25.8. The van der Waals surface area contributed by atoms with E-state index in [9.17, 15) is 9.59 Å². The lowest BCUT2D eigenvalue weighted by molar-refractivity contribution is -0.144. The Morgan fingerprint density at radius 2 is 1.82 bits per heavy atom. The summed E-state index contributed by atoms with van der Waals surface area (Å²) in [7, 11) is 0. The molecule has 0 saturated carbocycles. The Hall–Kier alpha value is -1.06. The standard InChI is InChI=1S/C13H24N2O2/c1-9(2)13(17)15-8-6-5-7-11(15)12(16)14-10(3)4/h9-11H,5-8H2,1-4H3,(H,14,16). The first-order valence-electron chi connectivity index (χ1n) is 6.54. The molecule has 1 fully saturated rings. The van der Waals surface area contributed by atoms with Crippen LogP contribution in [0.2, 0.25) is 0 Å². The molecule has 0 aromatic heterocycles. The van der Waals surface area contributed by atoms with E-state index in [0.717, 1.165) is 19.3 Å². The van der Waals surface area contributed by atoms with Gasteiger partial charge in [-0.3, -0.25) is 9.59 Å². The highest BCUT2D eigenvalue weighted by atomic mass is 16.2. The van der Waals surface area contributed by atoms with Crippen LogP contribution in [0.4, 0.5) is 0 Å². The van der Waals surface area contributed by atoms with E-state index in [1.54, 1.807) is 4.90 Å². The van der Waals surface area contributed by atoms with Crippen molar-refractivity contribution in [3.63, 3.8) is 0 Å². The molecule has 0 aromatic rings. The number of hydrogen-bond acceptors (Lipinski definition) is 2. The summed E-state index contributed by atoms with van der Waals surface area (Å²) in [6.07, 6.45) is 2.82. The van der Waals surface area contributed by atoms with Crippen LogP contribution in [0.1, 0.15) is 47.0 Å². The van der Waals surface area contributed by atoms with E-state index in [-0.39, 0.29) is 29.8 Å². The third-order valence-corrected chi connectivity index (χ3v) is 3.01. The molecule has 0 aromatic carbocycles. The molecule has 0 bridgehead atoms. The van der Waals surface area contributed by atoms with Crippen LogP contribution in [-0.2, 0) is 9.59 Å². The minimum atomic E-state index is -0.263. The summed E-state index contributed by atoms with van der Waals surface area (Å²) >= 11 is 0. The first-order chi connectivity index (χ1) is 7.93. The first-order valence-corrected chi connectivity index (χ1v) is 6.54. The fourth-order valence-electron chi connectivity index (χ4n) is 2.18. The Morgan fingerprint density at radius 3 is 2.35 bits per heavy atom. The van der Waals surface area contributed by atoms with Gasteiger partial charge in [0.25, 0.3) is 0 Å². The topological polar surface area (TPSA) is 49.4 Å². The monoisotopic (exact) mass is 240 g/mol. The molecule has 0 radical (unpaired) electrons. The number of rotatable bonds is 3. The van der Waals surface area contributed by atoms with Crippen molar-refractivity contribution in [2.75, 3.05) is 6.54 Å². The zero-order valence-electron chi connectivity index (χ0n) is 11.3. The van der Waals surface area contributed by atoms with Gasteiger partial charge in [-0.05, 0) is 33.1 Å². The molecular weight excluding hydrogens is 216 g/mol. The molecule has 2 amide bonds. The van der Waals surface area contributed by atoms with Crippen LogP contribution in [-0.4, -0.2) is 35.3 Å². The van der Waals surface area contributed by atoms with E-state index >= 15 is 0 Å². The number of amides is 2. The summed E-state index contributed by atoms with van der Waals surface area (Å²) < 4.78 is 0. The van der Waals surface area contributed by atoms with Crippen LogP contribution < -0.4 is 5.32 Å². The fraction of sp³-hybridized carbons (Fsp3) is 0.846. The molecule has 1 atom stereocenters. The molecule has 1 saturated heterocycles. The van der Waals surface area contributed by atoms with Crippen LogP contribution in [0.5, 0.6) is 0 Å². The third-order valence-electron chi connectivity index (χ3n) is 3.01. The average Bonchev–Trinajstić information content (AvgIpc) is 2.27. The summed E-state index contributed by atoms with van der Waals surface area (Å²) in [6, 6.07) is -0.138. The maximum absolute atomic E-state index is 12.0. The van der Waals surface area contributed by atoms with Crippen LogP contribution in [0.25, 0.3) is 0 Å². The molecule has 4 nitrogen and oxygen atoms in total. The zero-order valence-corrected chi connectivity index (χ0v) is 11.3. The number of nitrogens with zero attached hydrogens (tertiary/aromatic N) is 1. The number of piperidine rings is 1. The quantitative estimate of drug-likeness (QED) is 0.813. The van der Waals surface area contributed by atoms with E-state index in [1.165, 1.54) is 0 Å². The average molecular weight is 240 g/mol. The number of likely N-dealkylation sites (tertiary alicyclic amines) is 1. The van der Waals surface area contributed by atoms with Crippen molar-refractivity contribution in [2.45, 2.75) is 59.0 Å². The van der Waals surface area contributed by atoms with Crippen LogP contribution >= 0.6 is 0 Å². The van der Waals surface area contributed by atoms with Crippen molar-refractivity contribution in [3.05, 3.63) is 0 Å². The van der Waals surface area contributed by atoms with Gasteiger partial charge >= 0.3 is 0 Å². The zero-order chi connectivity index (χ0) is 13.0. The van der Waals surface area contributed by atoms with Crippen molar-refractivity contribution < 1.29 is 9.59 Å². The molecule has 1 unspecified atom stereocenters. The van der Waals surface area contributed by atoms with E-state index in [0.29, 0.717) is 6.54 Å². The Kier molecular flexibility index (Phi) is 4.97. The molecule has 1 aliphatic heterocycles. The normalized spacial score (nSPS) is 20.8. The maximum Gasteiger partial charge on any atom is 0.243 e. The van der Waals surface area contributed by atoms with Crippen molar-refractivity contribution in [2.24, 2.45) is 5.92 Å². The SMILES string of the molecule is CC(C)NC(=O)C1CCCCN1C(=O)C(C)C. The van der Waals surface area contributed by atoms with Crippen molar-refractivity contribution in [1.29, 1.82) is 0 Å². The van der Waals surface area contributed by atoms with Gasteiger partial charge in [0, 0.05) is 18.5 Å². The highest BCUT2D eigenvalue weighted by Gasteiger charge is 2.32. The van der Waals surface area contributed by atoms with Gasteiger partial charge in [0.15, 0.2) is 0 Å². The fourth-order valence-corrected chi connectivity index (χ4v) is 2.18. The van der Waals surface area contributed by atoms with Gasteiger partial charge in [0.1, 0.15) is 6.04 Å². The van der Waals surface area contributed by atoms with Crippen LogP contribution in [0.15, 0.2) is 0 Å². The van der Waals surface area contributed by atoms with Crippen molar-refractivity contribution in [1.82, 2.24) is 10.2 Å². The lowest BCUT2D eigenvalue weighted by atomic mass is 9.99. The number of carbonyl (C=O) groups is 2. The highest BCUT2D eigenvalue weighted by Crippen LogP contribution is 2.19. The third kappa shape index (κ3) is 3.72. The molecule has 0 spiro atoms. The molecule has 1 rings (SSSR count). The van der Waals surface area contributed by atoms with Gasteiger partial charge in [-0.2, -0.15) is 0 Å². The van der Waals surface area contributed by atoms with Crippen molar-refractivity contribution >= 4 is 11.8 Å². The molecule has 98 valence electrons. The molecule has 1 heterocycles. The van der Waals surface area contributed by atoms with Crippen LogP contribution in [0, 0.1) is 5.92 Å². The summed E-state index contributed by atoms with van der Waals surface area (Å²) in [5.41, 5.74) is 0. The molecule has 1 N–H and O–H groups in total. The Morgan fingerprint density at radius 1 is 1.18 bits per heavy atom. The van der Waals surface area contributed by atoms with Gasteiger partial charge in [0.2, 0.25) is 11.8 Å². The van der Waals surface area contributed by atoms with E-state index in [2.05, 4.69) is 5.32 Å². The summed E-state index contributed by atoms with van der Waals surface area (Å²) in [5, 5.41) is 2.90. The number of nitrogens with one attached hydrogen (secondary N) is 1. The molecule has 17 heavy (non-hydrogen) atoms. The number of hydrogen-bond donors (Lipinski definition) is 1. The molecule has 1 aliphatic rings. The Balaban J connectivity index is 2.72. The largest absolute Gasteiger partial charge is 0.352 e.